The first-order chi connectivity index (χ1) is 18.1. The molecule has 0 heterocycles. The van der Waals surface area contributed by atoms with Crippen LogP contribution >= 0.6 is 0 Å². The van der Waals surface area contributed by atoms with Crippen molar-refractivity contribution in [2.24, 2.45) is 0 Å². The predicted molar refractivity (Wildman–Crippen MR) is 154 cm³/mol. The van der Waals surface area contributed by atoms with Crippen LogP contribution in [0.3, 0.4) is 0 Å². The molecule has 0 unspecified atom stereocenters. The molecule has 0 aromatic heterocycles. The van der Waals surface area contributed by atoms with E-state index in [9.17, 15) is 10.2 Å². The molecule has 0 amide bonds. The molecule has 0 aliphatic heterocycles. The normalized spacial score (nSPS) is 11.2. The SMILES string of the molecule is CCCCCCOc1cc(/C=C/c2cc(O)cc(O)c2)cc(OCCCCCC)c1OCCCCCC. The zero-order valence-electron chi connectivity index (χ0n) is 23.3. The molecule has 206 valence electrons. The Hall–Kier alpha value is -2.82. The number of phenols is 2. The highest BCUT2D eigenvalue weighted by Crippen LogP contribution is 2.40. The van der Waals surface area contributed by atoms with Crippen LogP contribution in [0.15, 0.2) is 30.3 Å². The minimum atomic E-state index is 0.0266. The summed E-state index contributed by atoms with van der Waals surface area (Å²) in [5, 5.41) is 19.6. The van der Waals surface area contributed by atoms with Gasteiger partial charge in [-0.05, 0) is 54.7 Å². The van der Waals surface area contributed by atoms with Crippen LogP contribution in [-0.4, -0.2) is 30.0 Å². The highest BCUT2D eigenvalue weighted by atomic mass is 16.5. The van der Waals surface area contributed by atoms with E-state index < -0.39 is 0 Å². The Kier molecular flexibility index (Phi) is 15.1. The fourth-order valence-electron chi connectivity index (χ4n) is 4.08. The second kappa shape index (κ2) is 18.4. The van der Waals surface area contributed by atoms with Crippen LogP contribution in [0.2, 0.25) is 0 Å². The molecular weight excluding hydrogens is 464 g/mol. The molecule has 0 atom stereocenters. The predicted octanol–water partition coefficient (Wildman–Crippen LogP) is 9.15. The van der Waals surface area contributed by atoms with Crippen LogP contribution in [0.1, 0.15) is 109 Å². The first-order valence-corrected chi connectivity index (χ1v) is 14.3. The van der Waals surface area contributed by atoms with Gasteiger partial charge in [-0.25, -0.2) is 0 Å². The molecule has 2 aromatic rings. The molecule has 0 fully saturated rings. The second-order valence-corrected chi connectivity index (χ2v) is 9.69. The summed E-state index contributed by atoms with van der Waals surface area (Å²) in [6.07, 6.45) is 17.4. The van der Waals surface area contributed by atoms with Crippen molar-refractivity contribution in [2.75, 3.05) is 19.8 Å². The maximum Gasteiger partial charge on any atom is 0.203 e. The van der Waals surface area contributed by atoms with Gasteiger partial charge < -0.3 is 24.4 Å². The van der Waals surface area contributed by atoms with Gasteiger partial charge in [-0.2, -0.15) is 0 Å². The minimum absolute atomic E-state index is 0.0266. The van der Waals surface area contributed by atoms with Gasteiger partial charge in [0.2, 0.25) is 5.75 Å². The number of ether oxygens (including phenoxy) is 3. The van der Waals surface area contributed by atoms with E-state index in [1.54, 1.807) is 12.1 Å². The van der Waals surface area contributed by atoms with E-state index in [4.69, 9.17) is 14.2 Å². The topological polar surface area (TPSA) is 68.2 Å². The summed E-state index contributed by atoms with van der Waals surface area (Å²) in [6.45, 7) is 8.52. The Labute approximate surface area is 224 Å². The fourth-order valence-corrected chi connectivity index (χ4v) is 4.08. The Morgan fingerprint density at radius 1 is 0.514 bits per heavy atom. The Morgan fingerprint density at radius 3 is 1.35 bits per heavy atom. The maximum absolute atomic E-state index is 9.82. The van der Waals surface area contributed by atoms with E-state index in [-0.39, 0.29) is 11.5 Å². The summed E-state index contributed by atoms with van der Waals surface area (Å²) in [4.78, 5) is 0. The molecular formula is C32H48O5. The average Bonchev–Trinajstić information content (AvgIpc) is 2.87. The first kappa shape index (κ1) is 30.4. The van der Waals surface area contributed by atoms with Crippen molar-refractivity contribution in [3.63, 3.8) is 0 Å². The van der Waals surface area contributed by atoms with Gasteiger partial charge in [-0.3, -0.25) is 0 Å². The number of hydrogen-bond donors (Lipinski definition) is 2. The zero-order chi connectivity index (χ0) is 26.7. The molecule has 0 saturated carbocycles. The van der Waals surface area contributed by atoms with E-state index in [1.807, 2.05) is 24.3 Å². The summed E-state index contributed by atoms with van der Waals surface area (Å²) >= 11 is 0. The molecule has 2 N–H and O–H groups in total. The quantitative estimate of drug-likeness (QED) is 0.137. The van der Waals surface area contributed by atoms with Crippen molar-refractivity contribution in [2.45, 2.75) is 97.8 Å². The third-order valence-electron chi connectivity index (χ3n) is 6.19. The van der Waals surface area contributed by atoms with E-state index in [0.717, 1.165) is 44.1 Å². The summed E-state index contributed by atoms with van der Waals surface area (Å²) in [5.41, 5.74) is 1.62. The smallest absolute Gasteiger partial charge is 0.203 e. The van der Waals surface area contributed by atoms with Gasteiger partial charge in [-0.1, -0.05) is 90.7 Å². The van der Waals surface area contributed by atoms with Crippen LogP contribution < -0.4 is 14.2 Å². The van der Waals surface area contributed by atoms with Crippen molar-refractivity contribution in [3.05, 3.63) is 41.5 Å². The summed E-state index contributed by atoms with van der Waals surface area (Å²) in [5.74, 6) is 2.15. The molecule has 0 aliphatic rings. The van der Waals surface area contributed by atoms with Gasteiger partial charge in [0.25, 0.3) is 0 Å². The largest absolute Gasteiger partial charge is 0.508 e. The fraction of sp³-hybridized carbons (Fsp3) is 0.562. The molecule has 0 spiro atoms. The van der Waals surface area contributed by atoms with Crippen molar-refractivity contribution < 1.29 is 24.4 Å². The molecule has 2 rings (SSSR count). The van der Waals surface area contributed by atoms with Crippen LogP contribution in [0.5, 0.6) is 28.7 Å². The number of rotatable bonds is 20. The van der Waals surface area contributed by atoms with Crippen LogP contribution in [-0.2, 0) is 0 Å². The lowest BCUT2D eigenvalue weighted by molar-refractivity contribution is 0.234. The summed E-state index contributed by atoms with van der Waals surface area (Å²) in [7, 11) is 0. The molecule has 5 heteroatoms. The standard InChI is InChI=1S/C32H48O5/c1-4-7-10-13-18-35-30-23-27(17-16-26-21-28(33)25-29(34)22-26)24-31(36-19-14-11-8-5-2)32(30)37-20-15-12-9-6-3/h16-17,21-25,33-34H,4-15,18-20H2,1-3H3/b17-16+. The minimum Gasteiger partial charge on any atom is -0.508 e. The van der Waals surface area contributed by atoms with E-state index >= 15 is 0 Å². The molecule has 2 aromatic carbocycles. The van der Waals surface area contributed by atoms with Gasteiger partial charge in [0.1, 0.15) is 11.5 Å². The second-order valence-electron chi connectivity index (χ2n) is 9.69. The molecule has 0 aliphatic carbocycles. The lowest BCUT2D eigenvalue weighted by Crippen LogP contribution is -2.06. The van der Waals surface area contributed by atoms with Gasteiger partial charge >= 0.3 is 0 Å². The highest BCUT2D eigenvalue weighted by Gasteiger charge is 2.15. The van der Waals surface area contributed by atoms with Crippen LogP contribution in [0, 0.1) is 0 Å². The third-order valence-corrected chi connectivity index (χ3v) is 6.19. The molecule has 0 radical (unpaired) electrons. The van der Waals surface area contributed by atoms with Crippen molar-refractivity contribution in [1.82, 2.24) is 0 Å². The third kappa shape index (κ3) is 12.3. The van der Waals surface area contributed by atoms with Gasteiger partial charge in [0.15, 0.2) is 11.5 Å². The number of benzene rings is 2. The molecule has 5 nitrogen and oxygen atoms in total. The molecule has 0 saturated heterocycles. The highest BCUT2D eigenvalue weighted by molar-refractivity contribution is 5.73. The van der Waals surface area contributed by atoms with E-state index in [1.165, 1.54) is 44.6 Å². The van der Waals surface area contributed by atoms with Crippen molar-refractivity contribution in [1.29, 1.82) is 0 Å². The lowest BCUT2D eigenvalue weighted by Gasteiger charge is -2.18. The van der Waals surface area contributed by atoms with Crippen molar-refractivity contribution in [3.8, 4) is 28.7 Å². The van der Waals surface area contributed by atoms with Gasteiger partial charge in [-0.15, -0.1) is 0 Å². The van der Waals surface area contributed by atoms with Crippen LogP contribution in [0.25, 0.3) is 12.2 Å². The monoisotopic (exact) mass is 512 g/mol. The molecule has 37 heavy (non-hydrogen) atoms. The zero-order valence-corrected chi connectivity index (χ0v) is 23.3. The molecule has 0 bridgehead atoms. The van der Waals surface area contributed by atoms with E-state index in [2.05, 4.69) is 20.8 Å². The van der Waals surface area contributed by atoms with Crippen LogP contribution in [0.4, 0.5) is 0 Å². The maximum atomic E-state index is 9.82. The number of phenolic OH excluding ortho intramolecular Hbond substituents is 2. The number of aromatic hydroxyl groups is 2. The average molecular weight is 513 g/mol. The van der Waals surface area contributed by atoms with Gasteiger partial charge in [0, 0.05) is 6.07 Å². The number of unbranched alkanes of at least 4 members (excludes halogenated alkanes) is 9. The Bertz CT molecular complexity index is 866. The Morgan fingerprint density at radius 2 is 0.919 bits per heavy atom. The summed E-state index contributed by atoms with van der Waals surface area (Å²) < 4.78 is 18.8. The Balaban J connectivity index is 2.29. The lowest BCUT2D eigenvalue weighted by atomic mass is 10.1. The van der Waals surface area contributed by atoms with E-state index in [0.29, 0.717) is 42.6 Å². The van der Waals surface area contributed by atoms with Crippen molar-refractivity contribution >= 4 is 12.2 Å². The van der Waals surface area contributed by atoms with Gasteiger partial charge in [0.05, 0.1) is 19.8 Å². The first-order valence-electron chi connectivity index (χ1n) is 14.3. The number of hydrogen-bond acceptors (Lipinski definition) is 5. The summed E-state index contributed by atoms with van der Waals surface area (Å²) in [6, 6.07) is 8.52.